The molecule has 4 rings (SSSR count). The number of carbonyl (C=O) groups excluding carboxylic acids is 2. The van der Waals surface area contributed by atoms with Crippen molar-refractivity contribution in [1.29, 1.82) is 0 Å². The second kappa shape index (κ2) is 8.89. The molecule has 9 heteroatoms. The highest BCUT2D eigenvalue weighted by Gasteiger charge is 2.31. The number of anilines is 1. The summed E-state index contributed by atoms with van der Waals surface area (Å²) in [6, 6.07) is 9.28. The molecule has 0 spiro atoms. The van der Waals surface area contributed by atoms with Crippen LogP contribution in [0.5, 0.6) is 0 Å². The first-order valence-electron chi connectivity index (χ1n) is 10.1. The van der Waals surface area contributed by atoms with Crippen LogP contribution in [0.4, 0.5) is 10.5 Å². The number of hydrogen-bond donors (Lipinski definition) is 2. The van der Waals surface area contributed by atoms with Crippen molar-refractivity contribution in [2.45, 2.75) is 50.1 Å². The first-order chi connectivity index (χ1) is 14.9. The molecule has 1 saturated carbocycles. The molecule has 1 atom stereocenters. The lowest BCUT2D eigenvalue weighted by molar-refractivity contribution is -0.119. The number of amides is 3. The number of aryl methyl sites for hydroxylation is 2. The van der Waals surface area contributed by atoms with E-state index in [0.29, 0.717) is 16.9 Å². The Morgan fingerprint density at radius 1 is 1.13 bits per heavy atom. The van der Waals surface area contributed by atoms with Gasteiger partial charge in [-0.15, -0.1) is 10.2 Å². The van der Waals surface area contributed by atoms with E-state index in [1.807, 2.05) is 44.2 Å². The molecule has 8 nitrogen and oxygen atoms in total. The van der Waals surface area contributed by atoms with Crippen LogP contribution in [0.25, 0.3) is 11.4 Å². The summed E-state index contributed by atoms with van der Waals surface area (Å²) in [5.74, 6) is 0.385. The number of hydrogen-bond acceptors (Lipinski definition) is 6. The van der Waals surface area contributed by atoms with E-state index >= 15 is 0 Å². The Bertz CT molecular complexity index is 1110. The van der Waals surface area contributed by atoms with Crippen LogP contribution in [0.2, 0.25) is 0 Å². The van der Waals surface area contributed by atoms with Crippen LogP contribution in [0.15, 0.2) is 47.9 Å². The maximum atomic E-state index is 12.6. The molecule has 3 amide bonds. The highest BCUT2D eigenvalue weighted by Crippen LogP contribution is 2.41. The van der Waals surface area contributed by atoms with Crippen molar-refractivity contribution >= 4 is 29.4 Å². The van der Waals surface area contributed by atoms with Gasteiger partial charge in [0.05, 0.1) is 5.25 Å². The Kier molecular flexibility index (Phi) is 6.03. The molecule has 31 heavy (non-hydrogen) atoms. The molecule has 1 unspecified atom stereocenters. The SMILES string of the molecule is Cc1ccc(NC(=O)NC(=O)C(C)Sc2nnc(-c3ccncc3)n2C2CC2)c(C)c1. The molecule has 2 aromatic heterocycles. The van der Waals surface area contributed by atoms with Gasteiger partial charge in [0.2, 0.25) is 5.91 Å². The number of carbonyl (C=O) groups is 2. The number of nitrogens with zero attached hydrogens (tertiary/aromatic N) is 4. The highest BCUT2D eigenvalue weighted by atomic mass is 32.2. The second-order valence-electron chi connectivity index (χ2n) is 7.67. The van der Waals surface area contributed by atoms with Crippen LogP contribution in [0.1, 0.15) is 36.9 Å². The molecule has 0 bridgehead atoms. The molecule has 1 aliphatic rings. The Morgan fingerprint density at radius 2 is 1.87 bits per heavy atom. The average molecular weight is 437 g/mol. The standard InChI is InChI=1S/C22H24N6O2S/c1-13-4-7-18(14(2)12-13)24-21(30)25-20(29)15(3)31-22-27-26-19(28(22)17-5-6-17)16-8-10-23-11-9-16/h4,7-12,15,17H,5-6H2,1-3H3,(H2,24,25,29,30). The predicted molar refractivity (Wildman–Crippen MR) is 120 cm³/mol. The Balaban J connectivity index is 1.42. The molecule has 3 aromatic rings. The molecule has 2 heterocycles. The second-order valence-corrected chi connectivity index (χ2v) is 8.97. The summed E-state index contributed by atoms with van der Waals surface area (Å²) in [5.41, 5.74) is 3.65. The lowest BCUT2D eigenvalue weighted by atomic mass is 10.1. The third-order valence-electron chi connectivity index (χ3n) is 5.03. The normalized spacial score (nSPS) is 14.2. The summed E-state index contributed by atoms with van der Waals surface area (Å²) in [5, 5.41) is 14.0. The number of thioether (sulfide) groups is 1. The number of rotatable bonds is 6. The van der Waals surface area contributed by atoms with Gasteiger partial charge in [0.25, 0.3) is 0 Å². The topological polar surface area (TPSA) is 102 Å². The van der Waals surface area contributed by atoms with Crippen LogP contribution >= 0.6 is 11.8 Å². The third-order valence-corrected chi connectivity index (χ3v) is 6.09. The molecule has 0 radical (unpaired) electrons. The molecule has 2 N–H and O–H groups in total. The van der Waals surface area contributed by atoms with E-state index in [0.717, 1.165) is 35.4 Å². The van der Waals surface area contributed by atoms with Crippen LogP contribution in [-0.2, 0) is 4.79 Å². The van der Waals surface area contributed by atoms with E-state index in [1.54, 1.807) is 19.3 Å². The van der Waals surface area contributed by atoms with Crippen molar-refractivity contribution in [3.63, 3.8) is 0 Å². The summed E-state index contributed by atoms with van der Waals surface area (Å²) in [7, 11) is 0. The van der Waals surface area contributed by atoms with E-state index in [-0.39, 0.29) is 5.91 Å². The number of imide groups is 1. The quantitative estimate of drug-likeness (QED) is 0.564. The number of benzene rings is 1. The van der Waals surface area contributed by atoms with Crippen molar-refractivity contribution in [2.24, 2.45) is 0 Å². The summed E-state index contributed by atoms with van der Waals surface area (Å²) in [6.45, 7) is 5.65. The molecular weight excluding hydrogens is 412 g/mol. The Hall–Kier alpha value is -3.20. The first-order valence-corrected chi connectivity index (χ1v) is 11.0. The molecule has 0 saturated heterocycles. The van der Waals surface area contributed by atoms with Gasteiger partial charge in [-0.3, -0.25) is 19.7 Å². The van der Waals surface area contributed by atoms with Gasteiger partial charge in [-0.2, -0.15) is 0 Å². The highest BCUT2D eigenvalue weighted by molar-refractivity contribution is 8.00. The minimum atomic E-state index is -0.550. The van der Waals surface area contributed by atoms with Gasteiger partial charge in [-0.25, -0.2) is 4.79 Å². The zero-order chi connectivity index (χ0) is 22.0. The lowest BCUT2D eigenvalue weighted by Crippen LogP contribution is -2.39. The average Bonchev–Trinajstić information content (AvgIpc) is 3.50. The fourth-order valence-corrected chi connectivity index (χ4v) is 4.17. The zero-order valence-corrected chi connectivity index (χ0v) is 18.4. The number of nitrogens with one attached hydrogen (secondary N) is 2. The van der Waals surface area contributed by atoms with Crippen molar-refractivity contribution in [2.75, 3.05) is 5.32 Å². The van der Waals surface area contributed by atoms with Crippen molar-refractivity contribution in [3.8, 4) is 11.4 Å². The largest absolute Gasteiger partial charge is 0.325 e. The monoisotopic (exact) mass is 436 g/mol. The van der Waals surface area contributed by atoms with E-state index in [4.69, 9.17) is 0 Å². The molecule has 1 aromatic carbocycles. The van der Waals surface area contributed by atoms with E-state index < -0.39 is 11.3 Å². The van der Waals surface area contributed by atoms with Crippen LogP contribution in [0.3, 0.4) is 0 Å². The van der Waals surface area contributed by atoms with Gasteiger partial charge in [0.15, 0.2) is 11.0 Å². The smallest absolute Gasteiger partial charge is 0.307 e. The van der Waals surface area contributed by atoms with Crippen molar-refractivity contribution < 1.29 is 9.59 Å². The molecule has 0 aliphatic heterocycles. The maximum Gasteiger partial charge on any atom is 0.325 e. The van der Waals surface area contributed by atoms with Crippen LogP contribution in [-0.4, -0.2) is 36.9 Å². The fourth-order valence-electron chi connectivity index (χ4n) is 3.25. The molecule has 160 valence electrons. The maximum absolute atomic E-state index is 12.6. The Labute approximate surface area is 184 Å². The van der Waals surface area contributed by atoms with E-state index in [9.17, 15) is 9.59 Å². The lowest BCUT2D eigenvalue weighted by Gasteiger charge is -2.14. The van der Waals surface area contributed by atoms with E-state index in [1.165, 1.54) is 11.8 Å². The first kappa shape index (κ1) is 21.0. The van der Waals surface area contributed by atoms with Gasteiger partial charge in [0, 0.05) is 29.7 Å². The summed E-state index contributed by atoms with van der Waals surface area (Å²) < 4.78 is 2.08. The van der Waals surface area contributed by atoms with Gasteiger partial charge >= 0.3 is 6.03 Å². The van der Waals surface area contributed by atoms with Gasteiger partial charge in [0.1, 0.15) is 0 Å². The van der Waals surface area contributed by atoms with Crippen molar-refractivity contribution in [1.82, 2.24) is 25.1 Å². The molecule has 1 fully saturated rings. The minimum absolute atomic E-state index is 0.337. The van der Waals surface area contributed by atoms with E-state index in [2.05, 4.69) is 30.4 Å². The van der Waals surface area contributed by atoms with Gasteiger partial charge in [-0.05, 0) is 57.4 Å². The van der Waals surface area contributed by atoms with Crippen molar-refractivity contribution in [3.05, 3.63) is 53.9 Å². The number of pyridine rings is 1. The zero-order valence-electron chi connectivity index (χ0n) is 17.6. The summed E-state index contributed by atoms with van der Waals surface area (Å²) in [4.78, 5) is 29.0. The van der Waals surface area contributed by atoms with Crippen LogP contribution in [0, 0.1) is 13.8 Å². The fraction of sp³-hybridized carbons (Fsp3) is 0.318. The van der Waals surface area contributed by atoms with Gasteiger partial charge < -0.3 is 5.32 Å². The molecular formula is C22H24N6O2S. The minimum Gasteiger partial charge on any atom is -0.307 e. The predicted octanol–water partition coefficient (Wildman–Crippen LogP) is 4.12. The number of aromatic nitrogens is 4. The summed E-state index contributed by atoms with van der Waals surface area (Å²) >= 11 is 1.30. The van der Waals surface area contributed by atoms with Gasteiger partial charge in [-0.1, -0.05) is 29.5 Å². The Morgan fingerprint density at radius 3 is 2.55 bits per heavy atom. The summed E-state index contributed by atoms with van der Waals surface area (Å²) in [6.07, 6.45) is 5.56. The number of urea groups is 1. The molecule has 1 aliphatic carbocycles. The van der Waals surface area contributed by atoms with Crippen LogP contribution < -0.4 is 10.6 Å². The third kappa shape index (κ3) is 4.93.